The third-order valence-corrected chi connectivity index (χ3v) is 4.54. The Balaban J connectivity index is 0.00000338. The molecule has 1 fully saturated rings. The van der Waals surface area contributed by atoms with Crippen LogP contribution in [0.2, 0.25) is 0 Å². The summed E-state index contributed by atoms with van der Waals surface area (Å²) in [5.74, 6) is 1.51. The lowest BCUT2D eigenvalue weighted by Gasteiger charge is -2.22. The van der Waals surface area contributed by atoms with Crippen molar-refractivity contribution in [2.45, 2.75) is 19.4 Å². The van der Waals surface area contributed by atoms with Crippen LogP contribution in [0.5, 0.6) is 0 Å². The molecule has 0 spiro atoms. The second-order valence-corrected chi connectivity index (χ2v) is 8.12. The molecule has 0 saturated heterocycles. The number of halogens is 1. The highest BCUT2D eigenvalue weighted by atomic mass is 127. The number of anilines is 1. The number of likely N-dealkylation sites (N-methyl/N-ethyl adjacent to an activating group) is 1. The van der Waals surface area contributed by atoms with E-state index in [9.17, 15) is 8.42 Å². The Morgan fingerprint density at radius 1 is 1.35 bits per heavy atom. The zero-order valence-electron chi connectivity index (χ0n) is 15.6. The average molecular weight is 496 g/mol. The number of ether oxygens (including phenoxy) is 1. The van der Waals surface area contributed by atoms with Crippen LogP contribution in [0.1, 0.15) is 18.4 Å². The van der Waals surface area contributed by atoms with Gasteiger partial charge in [-0.1, -0.05) is 18.2 Å². The van der Waals surface area contributed by atoms with Crippen molar-refractivity contribution in [2.75, 3.05) is 44.8 Å². The van der Waals surface area contributed by atoms with E-state index in [0.29, 0.717) is 18.8 Å². The molecular formula is C17H29IN4O3S. The van der Waals surface area contributed by atoms with E-state index in [-0.39, 0.29) is 24.0 Å². The van der Waals surface area contributed by atoms with Gasteiger partial charge in [-0.3, -0.25) is 9.71 Å². The Morgan fingerprint density at radius 2 is 2.04 bits per heavy atom. The summed E-state index contributed by atoms with van der Waals surface area (Å²) in [5, 5.41) is 3.26. The Morgan fingerprint density at radius 3 is 2.65 bits per heavy atom. The molecule has 9 heteroatoms. The molecule has 0 bridgehead atoms. The third-order valence-electron chi connectivity index (χ3n) is 3.94. The van der Waals surface area contributed by atoms with Crippen LogP contribution in [-0.4, -0.2) is 59.4 Å². The molecule has 0 aliphatic heterocycles. The lowest BCUT2D eigenvalue weighted by molar-refractivity contribution is 0.115. The maximum atomic E-state index is 11.5. The molecule has 0 radical (unpaired) electrons. The van der Waals surface area contributed by atoms with Gasteiger partial charge in [-0.15, -0.1) is 24.0 Å². The van der Waals surface area contributed by atoms with Gasteiger partial charge in [-0.2, -0.15) is 0 Å². The predicted octanol–water partition coefficient (Wildman–Crippen LogP) is 2.11. The van der Waals surface area contributed by atoms with Gasteiger partial charge in [0.15, 0.2) is 5.96 Å². The molecule has 1 saturated carbocycles. The third kappa shape index (κ3) is 8.54. The fraction of sp³-hybridized carbons (Fsp3) is 0.588. The summed E-state index contributed by atoms with van der Waals surface area (Å²) < 4.78 is 31.2. The maximum Gasteiger partial charge on any atom is 0.229 e. The van der Waals surface area contributed by atoms with Crippen molar-refractivity contribution in [3.8, 4) is 0 Å². The molecule has 26 heavy (non-hydrogen) atoms. The Hall–Kier alpha value is -1.07. The summed E-state index contributed by atoms with van der Waals surface area (Å²) in [6, 6.07) is 7.31. The molecule has 0 aromatic heterocycles. The van der Waals surface area contributed by atoms with Crippen LogP contribution in [0, 0.1) is 5.92 Å². The van der Waals surface area contributed by atoms with Crippen molar-refractivity contribution in [2.24, 2.45) is 10.9 Å². The largest absolute Gasteiger partial charge is 0.379 e. The Labute approximate surface area is 173 Å². The Bertz CT molecular complexity index is 693. The maximum absolute atomic E-state index is 11.5. The molecule has 7 nitrogen and oxygen atoms in total. The fourth-order valence-corrected chi connectivity index (χ4v) is 2.97. The first-order valence-corrected chi connectivity index (χ1v) is 10.3. The predicted molar refractivity (Wildman–Crippen MR) is 117 cm³/mol. The number of nitrogens with one attached hydrogen (secondary N) is 2. The van der Waals surface area contributed by atoms with Crippen LogP contribution < -0.4 is 10.0 Å². The van der Waals surface area contributed by atoms with Crippen molar-refractivity contribution in [3.63, 3.8) is 0 Å². The first-order chi connectivity index (χ1) is 11.9. The standard InChI is InChI=1S/C17H28N4O3S.HI/c1-18-17(21(2)10-11-24-13-14-8-9-14)19-12-15-6-4-5-7-16(15)20-25(3,22)23;/h4-7,14,20H,8-13H2,1-3H3,(H,18,19);1H. The van der Waals surface area contributed by atoms with E-state index in [4.69, 9.17) is 4.74 Å². The van der Waals surface area contributed by atoms with Crippen molar-refractivity contribution < 1.29 is 13.2 Å². The molecule has 1 aromatic carbocycles. The number of aliphatic imine (C=N–C) groups is 1. The number of guanidine groups is 1. The fourth-order valence-electron chi connectivity index (χ4n) is 2.37. The van der Waals surface area contributed by atoms with Gasteiger partial charge in [0.1, 0.15) is 0 Å². The van der Waals surface area contributed by atoms with Crippen LogP contribution in [-0.2, 0) is 21.3 Å². The average Bonchev–Trinajstić information content (AvgIpc) is 3.36. The van der Waals surface area contributed by atoms with Crippen LogP contribution in [0.15, 0.2) is 29.3 Å². The van der Waals surface area contributed by atoms with Crippen molar-refractivity contribution in [3.05, 3.63) is 29.8 Å². The van der Waals surface area contributed by atoms with Crippen LogP contribution in [0.25, 0.3) is 0 Å². The molecule has 0 atom stereocenters. The van der Waals surface area contributed by atoms with Crippen LogP contribution >= 0.6 is 24.0 Å². The number of para-hydroxylation sites is 1. The van der Waals surface area contributed by atoms with Gasteiger partial charge >= 0.3 is 0 Å². The number of hydrogen-bond donors (Lipinski definition) is 2. The molecule has 1 aliphatic rings. The van der Waals surface area contributed by atoms with Gasteiger partial charge < -0.3 is 15.0 Å². The van der Waals surface area contributed by atoms with Crippen LogP contribution in [0.4, 0.5) is 5.69 Å². The van der Waals surface area contributed by atoms with Gasteiger partial charge in [0.25, 0.3) is 0 Å². The zero-order chi connectivity index (χ0) is 18.3. The van der Waals surface area contributed by atoms with E-state index in [1.54, 1.807) is 19.2 Å². The van der Waals surface area contributed by atoms with Gasteiger partial charge in [0, 0.05) is 33.8 Å². The summed E-state index contributed by atoms with van der Waals surface area (Å²) >= 11 is 0. The first-order valence-electron chi connectivity index (χ1n) is 8.44. The SMILES string of the molecule is CN=C(NCc1ccccc1NS(C)(=O)=O)N(C)CCOCC1CC1.I. The van der Waals surface area contributed by atoms with Gasteiger partial charge in [0.2, 0.25) is 10.0 Å². The quantitative estimate of drug-likeness (QED) is 0.237. The van der Waals surface area contributed by atoms with Crippen LogP contribution in [0.3, 0.4) is 0 Å². The Kier molecular flexibility index (Phi) is 9.66. The summed E-state index contributed by atoms with van der Waals surface area (Å²) in [6.45, 7) is 2.73. The van der Waals surface area contributed by atoms with Crippen molar-refractivity contribution >= 4 is 45.6 Å². The van der Waals surface area contributed by atoms with Crippen molar-refractivity contribution in [1.29, 1.82) is 0 Å². The van der Waals surface area contributed by atoms with E-state index in [1.807, 2.05) is 24.1 Å². The van der Waals surface area contributed by atoms with E-state index in [2.05, 4.69) is 15.0 Å². The molecule has 2 rings (SSSR count). The number of hydrogen-bond acceptors (Lipinski definition) is 4. The molecule has 148 valence electrons. The highest BCUT2D eigenvalue weighted by molar-refractivity contribution is 14.0. The molecule has 1 aliphatic carbocycles. The number of sulfonamides is 1. The zero-order valence-corrected chi connectivity index (χ0v) is 18.7. The van der Waals surface area contributed by atoms with Crippen molar-refractivity contribution in [1.82, 2.24) is 10.2 Å². The summed E-state index contributed by atoms with van der Waals surface area (Å²) in [4.78, 5) is 6.27. The lowest BCUT2D eigenvalue weighted by atomic mass is 10.2. The molecule has 2 N–H and O–H groups in total. The molecule has 1 aromatic rings. The highest BCUT2D eigenvalue weighted by Crippen LogP contribution is 2.28. The smallest absolute Gasteiger partial charge is 0.229 e. The van der Waals surface area contributed by atoms with E-state index >= 15 is 0 Å². The van der Waals surface area contributed by atoms with Gasteiger partial charge in [0.05, 0.1) is 18.6 Å². The minimum Gasteiger partial charge on any atom is -0.379 e. The van der Waals surface area contributed by atoms with Gasteiger partial charge in [-0.05, 0) is 30.4 Å². The van der Waals surface area contributed by atoms with E-state index < -0.39 is 10.0 Å². The highest BCUT2D eigenvalue weighted by Gasteiger charge is 2.21. The number of benzene rings is 1. The molecular weight excluding hydrogens is 467 g/mol. The minimum absolute atomic E-state index is 0. The summed E-state index contributed by atoms with van der Waals surface area (Å²) in [7, 11) is 0.370. The normalized spacial score (nSPS) is 14.5. The topological polar surface area (TPSA) is 83.0 Å². The summed E-state index contributed by atoms with van der Waals surface area (Å²) in [5.41, 5.74) is 1.43. The first kappa shape index (κ1) is 23.0. The monoisotopic (exact) mass is 496 g/mol. The molecule has 0 unspecified atom stereocenters. The minimum atomic E-state index is -3.31. The lowest BCUT2D eigenvalue weighted by Crippen LogP contribution is -2.40. The second-order valence-electron chi connectivity index (χ2n) is 6.37. The van der Waals surface area contributed by atoms with E-state index in [0.717, 1.165) is 36.8 Å². The molecule has 0 amide bonds. The number of rotatable bonds is 9. The number of nitrogens with zero attached hydrogens (tertiary/aromatic N) is 2. The second kappa shape index (κ2) is 10.9. The van der Waals surface area contributed by atoms with E-state index in [1.165, 1.54) is 12.8 Å². The van der Waals surface area contributed by atoms with Gasteiger partial charge in [-0.25, -0.2) is 8.42 Å². The summed E-state index contributed by atoms with van der Waals surface area (Å²) in [6.07, 6.45) is 3.73. The molecule has 0 heterocycles.